The zero-order valence-electron chi connectivity index (χ0n) is 17.0. The molecule has 31 heavy (non-hydrogen) atoms. The third kappa shape index (κ3) is 6.21. The average Bonchev–Trinajstić information content (AvgIpc) is 2.76. The number of hydrogen-bond acceptors (Lipinski definition) is 6. The van der Waals surface area contributed by atoms with E-state index in [0.29, 0.717) is 43.7 Å². The van der Waals surface area contributed by atoms with Crippen LogP contribution in [0.5, 0.6) is 0 Å². The predicted molar refractivity (Wildman–Crippen MR) is 120 cm³/mol. The van der Waals surface area contributed by atoms with Gasteiger partial charge in [0, 0.05) is 30.1 Å². The third-order valence-corrected chi connectivity index (χ3v) is 5.93. The number of thiol groups is 1. The molecule has 2 aromatic rings. The van der Waals surface area contributed by atoms with Gasteiger partial charge in [-0.05, 0) is 48.6 Å². The maximum absolute atomic E-state index is 12.7. The summed E-state index contributed by atoms with van der Waals surface area (Å²) in [5.41, 5.74) is 7.82. The molecule has 0 radical (unpaired) electrons. The van der Waals surface area contributed by atoms with Crippen LogP contribution >= 0.6 is 12.6 Å². The van der Waals surface area contributed by atoms with Crippen LogP contribution in [-0.4, -0.2) is 57.7 Å². The van der Waals surface area contributed by atoms with Crippen LogP contribution < -0.4 is 11.1 Å². The molecule has 1 aromatic heterocycles. The van der Waals surface area contributed by atoms with Crippen LogP contribution in [0.3, 0.4) is 0 Å². The normalized spacial score (nSPS) is 15.8. The molecule has 164 valence electrons. The highest BCUT2D eigenvalue weighted by Gasteiger charge is 2.26. The van der Waals surface area contributed by atoms with Crippen molar-refractivity contribution in [3.05, 3.63) is 59.3 Å². The molecule has 2 heterocycles. The molecule has 1 aliphatic rings. The molecule has 4 N–H and O–H groups in total. The second kappa shape index (κ2) is 10.3. The molecule has 1 aliphatic heterocycles. The molecule has 2 unspecified atom stereocenters. The number of carbonyl (C=O) groups is 3. The minimum Gasteiger partial charge on any atom is -0.481 e. The van der Waals surface area contributed by atoms with Gasteiger partial charge in [0.15, 0.2) is 0 Å². The number of nitrogen functional groups attached to an aromatic ring is 1. The molecular weight excluding hydrogens is 416 g/mol. The Morgan fingerprint density at radius 3 is 2.74 bits per heavy atom. The number of nitrogens with two attached hydrogens (primary N) is 1. The van der Waals surface area contributed by atoms with Crippen LogP contribution in [0.4, 0.5) is 5.82 Å². The Labute approximate surface area is 186 Å². The molecule has 8 nitrogen and oxygen atoms in total. The number of aliphatic carboxylic acids is 1. The fourth-order valence-corrected chi connectivity index (χ4v) is 3.93. The molecule has 2 amide bonds. The summed E-state index contributed by atoms with van der Waals surface area (Å²) < 4.78 is 0. The van der Waals surface area contributed by atoms with Crippen LogP contribution in [0.2, 0.25) is 0 Å². The Morgan fingerprint density at radius 2 is 2.06 bits per heavy atom. The van der Waals surface area contributed by atoms with E-state index in [1.54, 1.807) is 36.5 Å². The van der Waals surface area contributed by atoms with E-state index in [4.69, 9.17) is 5.73 Å². The average molecular weight is 443 g/mol. The molecule has 0 spiro atoms. The first-order valence-corrected chi connectivity index (χ1v) is 10.6. The summed E-state index contributed by atoms with van der Waals surface area (Å²) in [5.74, 6) is -1.55. The van der Waals surface area contributed by atoms with E-state index >= 15 is 0 Å². The molecule has 0 saturated carbocycles. The van der Waals surface area contributed by atoms with Crippen LogP contribution in [0.25, 0.3) is 0 Å². The SMILES string of the molecule is Nc1ccc(CC(C(=O)O)C(S)CCc2cccc(C(=O)N3CCNC(=O)C3)c2)cn1. The lowest BCUT2D eigenvalue weighted by Crippen LogP contribution is -2.49. The maximum atomic E-state index is 12.7. The second-order valence-electron chi connectivity index (χ2n) is 7.62. The number of carboxylic acid groups (broad SMARTS) is 1. The summed E-state index contributed by atoms with van der Waals surface area (Å²) in [6.07, 6.45) is 3.01. The number of benzene rings is 1. The van der Waals surface area contributed by atoms with E-state index in [0.717, 1.165) is 11.1 Å². The number of nitrogens with one attached hydrogen (secondary N) is 1. The summed E-state index contributed by atoms with van der Waals surface area (Å²) in [5, 5.41) is 12.0. The van der Waals surface area contributed by atoms with Crippen molar-refractivity contribution in [1.82, 2.24) is 15.2 Å². The summed E-state index contributed by atoms with van der Waals surface area (Å²) in [6.45, 7) is 0.988. The zero-order valence-corrected chi connectivity index (χ0v) is 17.9. The van der Waals surface area contributed by atoms with Gasteiger partial charge in [-0.2, -0.15) is 12.6 Å². The van der Waals surface area contributed by atoms with E-state index in [1.165, 1.54) is 4.90 Å². The predicted octanol–water partition coefficient (Wildman–Crippen LogP) is 1.41. The van der Waals surface area contributed by atoms with E-state index < -0.39 is 11.9 Å². The summed E-state index contributed by atoms with van der Waals surface area (Å²) >= 11 is 4.56. The van der Waals surface area contributed by atoms with Gasteiger partial charge in [-0.15, -0.1) is 0 Å². The lowest BCUT2D eigenvalue weighted by molar-refractivity contribution is -0.141. The van der Waals surface area contributed by atoms with Gasteiger partial charge in [-0.1, -0.05) is 18.2 Å². The first kappa shape index (κ1) is 22.6. The van der Waals surface area contributed by atoms with E-state index in [2.05, 4.69) is 22.9 Å². The fourth-order valence-electron chi connectivity index (χ4n) is 3.57. The first-order valence-electron chi connectivity index (χ1n) is 10.1. The van der Waals surface area contributed by atoms with Gasteiger partial charge in [0.1, 0.15) is 5.82 Å². The molecule has 0 aliphatic carbocycles. The quantitative estimate of drug-likeness (QED) is 0.458. The van der Waals surface area contributed by atoms with Gasteiger partial charge < -0.3 is 21.1 Å². The van der Waals surface area contributed by atoms with Gasteiger partial charge in [-0.3, -0.25) is 14.4 Å². The van der Waals surface area contributed by atoms with Gasteiger partial charge in [0.25, 0.3) is 5.91 Å². The van der Waals surface area contributed by atoms with Crippen molar-refractivity contribution in [3.8, 4) is 0 Å². The Kier molecular flexibility index (Phi) is 7.51. The number of aromatic nitrogens is 1. The molecule has 0 bridgehead atoms. The van der Waals surface area contributed by atoms with Crippen molar-refractivity contribution in [2.45, 2.75) is 24.5 Å². The number of aryl methyl sites for hydroxylation is 1. The summed E-state index contributed by atoms with van der Waals surface area (Å²) in [7, 11) is 0. The fraction of sp³-hybridized carbons (Fsp3) is 0.364. The standard InChI is InChI=1S/C22H26N4O4S/c23-19-7-5-15(12-25-19)11-17(22(29)30)18(31)6-4-14-2-1-3-16(10-14)21(28)26-9-8-24-20(27)13-26/h1-3,5,7,10,12,17-18,31H,4,6,8-9,11,13H2,(H2,23,25)(H,24,27)(H,29,30). The monoisotopic (exact) mass is 442 g/mol. The lowest BCUT2D eigenvalue weighted by atomic mass is 9.93. The van der Waals surface area contributed by atoms with Crippen molar-refractivity contribution < 1.29 is 19.5 Å². The molecule has 3 rings (SSSR count). The Balaban J connectivity index is 1.62. The highest BCUT2D eigenvalue weighted by molar-refractivity contribution is 7.81. The molecule has 1 aromatic carbocycles. The number of carboxylic acids is 1. The second-order valence-corrected chi connectivity index (χ2v) is 8.29. The number of hydrogen-bond donors (Lipinski definition) is 4. The Hall–Kier alpha value is -3.07. The highest BCUT2D eigenvalue weighted by Crippen LogP contribution is 2.22. The van der Waals surface area contributed by atoms with Crippen LogP contribution in [-0.2, 0) is 22.4 Å². The number of rotatable bonds is 8. The van der Waals surface area contributed by atoms with Gasteiger partial charge in [0.2, 0.25) is 5.91 Å². The summed E-state index contributed by atoms with van der Waals surface area (Å²) in [4.78, 5) is 41.6. The minimum atomic E-state index is -0.913. The van der Waals surface area contributed by atoms with E-state index in [9.17, 15) is 19.5 Å². The molecule has 2 atom stereocenters. The Morgan fingerprint density at radius 1 is 1.26 bits per heavy atom. The van der Waals surface area contributed by atoms with Gasteiger partial charge in [-0.25, -0.2) is 4.98 Å². The number of piperazine rings is 1. The van der Waals surface area contributed by atoms with Crippen molar-refractivity contribution >= 4 is 36.2 Å². The molecule has 1 fully saturated rings. The molecule has 9 heteroatoms. The van der Waals surface area contributed by atoms with Crippen LogP contribution in [0.15, 0.2) is 42.6 Å². The van der Waals surface area contributed by atoms with E-state index in [1.807, 2.05) is 6.07 Å². The molecular formula is C22H26N4O4S. The maximum Gasteiger partial charge on any atom is 0.307 e. The van der Waals surface area contributed by atoms with Crippen molar-refractivity contribution in [1.29, 1.82) is 0 Å². The van der Waals surface area contributed by atoms with Crippen molar-refractivity contribution in [2.24, 2.45) is 5.92 Å². The number of pyridine rings is 1. The lowest BCUT2D eigenvalue weighted by Gasteiger charge is -2.26. The smallest absolute Gasteiger partial charge is 0.307 e. The topological polar surface area (TPSA) is 126 Å². The van der Waals surface area contributed by atoms with Crippen molar-refractivity contribution in [3.63, 3.8) is 0 Å². The minimum absolute atomic E-state index is 0.0576. The number of nitrogens with zero attached hydrogens (tertiary/aromatic N) is 2. The first-order chi connectivity index (χ1) is 14.8. The number of carbonyl (C=O) groups excluding carboxylic acids is 2. The molecule has 1 saturated heterocycles. The highest BCUT2D eigenvalue weighted by atomic mass is 32.1. The largest absolute Gasteiger partial charge is 0.481 e. The zero-order chi connectivity index (χ0) is 22.4. The number of amides is 2. The Bertz CT molecular complexity index is 951. The van der Waals surface area contributed by atoms with Gasteiger partial charge >= 0.3 is 5.97 Å². The van der Waals surface area contributed by atoms with Crippen LogP contribution in [0, 0.1) is 5.92 Å². The van der Waals surface area contributed by atoms with Gasteiger partial charge in [0.05, 0.1) is 12.5 Å². The number of anilines is 1. The third-order valence-electron chi connectivity index (χ3n) is 5.31. The van der Waals surface area contributed by atoms with Crippen LogP contribution in [0.1, 0.15) is 27.9 Å². The van der Waals surface area contributed by atoms with Crippen molar-refractivity contribution in [2.75, 3.05) is 25.4 Å². The van der Waals surface area contributed by atoms with E-state index in [-0.39, 0.29) is 23.6 Å². The summed E-state index contributed by atoms with van der Waals surface area (Å²) in [6, 6.07) is 10.7.